The fraction of sp³-hybridized carbons (Fsp3) is 0.600. The first-order chi connectivity index (χ1) is 7.84. The van der Waals surface area contributed by atoms with E-state index >= 15 is 0 Å². The zero-order valence-electron chi connectivity index (χ0n) is 10.2. The highest BCUT2D eigenvalue weighted by atomic mass is 15.2. The number of benzene rings is 1. The molecule has 0 aromatic heterocycles. The number of rotatable bonds is 1. The summed E-state index contributed by atoms with van der Waals surface area (Å²) in [5.41, 5.74) is 4.75. The fourth-order valence-electron chi connectivity index (χ4n) is 3.37. The summed E-state index contributed by atoms with van der Waals surface area (Å²) in [7, 11) is 0. The van der Waals surface area contributed by atoms with Crippen LogP contribution in [0.15, 0.2) is 18.2 Å². The lowest BCUT2D eigenvalue weighted by molar-refractivity contribution is 0.222. The van der Waals surface area contributed by atoms with E-state index in [0.717, 1.165) is 6.04 Å². The van der Waals surface area contributed by atoms with Crippen LogP contribution >= 0.6 is 0 Å². The summed E-state index contributed by atoms with van der Waals surface area (Å²) in [5.74, 6) is 0. The molecule has 16 heavy (non-hydrogen) atoms. The van der Waals surface area contributed by atoms with Gasteiger partial charge in [0.15, 0.2) is 0 Å². The molecule has 1 aromatic carbocycles. The van der Waals surface area contributed by atoms with Crippen LogP contribution in [0.5, 0.6) is 0 Å². The van der Waals surface area contributed by atoms with Crippen molar-refractivity contribution in [2.45, 2.75) is 45.1 Å². The van der Waals surface area contributed by atoms with Gasteiger partial charge in [-0.05, 0) is 68.8 Å². The Morgan fingerprint density at radius 1 is 1.19 bits per heavy atom. The zero-order valence-corrected chi connectivity index (χ0v) is 10.2. The summed E-state index contributed by atoms with van der Waals surface area (Å²) in [4.78, 5) is 2.72. The molecule has 1 nitrogen and oxygen atoms in total. The van der Waals surface area contributed by atoms with Crippen molar-refractivity contribution >= 4 is 0 Å². The molecule has 1 aliphatic carbocycles. The Morgan fingerprint density at radius 2 is 2.00 bits per heavy atom. The molecule has 2 aliphatic rings. The smallest absolute Gasteiger partial charge is 0.0139 e. The Hall–Kier alpha value is -0.820. The molecule has 0 saturated carbocycles. The number of nitrogens with zero attached hydrogens (tertiary/aromatic N) is 1. The van der Waals surface area contributed by atoms with E-state index in [9.17, 15) is 0 Å². The molecule has 0 bridgehead atoms. The number of likely N-dealkylation sites (tertiary alicyclic amines) is 1. The van der Waals surface area contributed by atoms with Gasteiger partial charge in [-0.2, -0.15) is 0 Å². The SMILES string of the molecule is Cc1cccc2c1CC(N1CCCC1)CC2. The highest BCUT2D eigenvalue weighted by molar-refractivity contribution is 5.37. The van der Waals surface area contributed by atoms with Crippen LogP contribution in [-0.4, -0.2) is 24.0 Å². The van der Waals surface area contributed by atoms with Gasteiger partial charge in [0.2, 0.25) is 0 Å². The predicted octanol–water partition coefficient (Wildman–Crippen LogP) is 2.95. The largest absolute Gasteiger partial charge is 0.300 e. The second-order valence-corrected chi connectivity index (χ2v) is 5.35. The molecule has 0 amide bonds. The van der Waals surface area contributed by atoms with Crippen LogP contribution in [0.2, 0.25) is 0 Å². The first-order valence-corrected chi connectivity index (χ1v) is 6.66. The monoisotopic (exact) mass is 215 g/mol. The van der Waals surface area contributed by atoms with E-state index in [1.54, 1.807) is 11.1 Å². The van der Waals surface area contributed by atoms with E-state index in [2.05, 4.69) is 30.0 Å². The first-order valence-electron chi connectivity index (χ1n) is 6.66. The predicted molar refractivity (Wildman–Crippen MR) is 67.8 cm³/mol. The number of fused-ring (bicyclic) bond motifs is 1. The second-order valence-electron chi connectivity index (χ2n) is 5.35. The zero-order chi connectivity index (χ0) is 11.0. The van der Waals surface area contributed by atoms with Gasteiger partial charge in [-0.15, -0.1) is 0 Å². The molecule has 1 aliphatic heterocycles. The van der Waals surface area contributed by atoms with Crippen molar-refractivity contribution in [3.63, 3.8) is 0 Å². The summed E-state index contributed by atoms with van der Waals surface area (Å²) in [5, 5.41) is 0. The molecule has 3 rings (SSSR count). The minimum absolute atomic E-state index is 0.830. The molecule has 1 aromatic rings. The van der Waals surface area contributed by atoms with Crippen molar-refractivity contribution in [3.8, 4) is 0 Å². The van der Waals surface area contributed by atoms with Crippen LogP contribution in [-0.2, 0) is 12.8 Å². The number of hydrogen-bond acceptors (Lipinski definition) is 1. The number of aryl methyl sites for hydroxylation is 2. The third kappa shape index (κ3) is 1.78. The van der Waals surface area contributed by atoms with Crippen LogP contribution in [0.25, 0.3) is 0 Å². The molecule has 0 radical (unpaired) electrons. The lowest BCUT2D eigenvalue weighted by atomic mass is 9.85. The van der Waals surface area contributed by atoms with E-state index in [4.69, 9.17) is 0 Å². The average molecular weight is 215 g/mol. The van der Waals surface area contributed by atoms with E-state index in [0.29, 0.717) is 0 Å². The van der Waals surface area contributed by atoms with Crippen LogP contribution in [0, 0.1) is 6.92 Å². The van der Waals surface area contributed by atoms with Gasteiger partial charge in [0, 0.05) is 6.04 Å². The van der Waals surface area contributed by atoms with Crippen LogP contribution in [0.3, 0.4) is 0 Å². The first kappa shape index (κ1) is 10.3. The summed E-state index contributed by atoms with van der Waals surface area (Å²) >= 11 is 0. The quantitative estimate of drug-likeness (QED) is 0.696. The second kappa shape index (κ2) is 4.21. The van der Waals surface area contributed by atoms with Gasteiger partial charge in [0.25, 0.3) is 0 Å². The highest BCUT2D eigenvalue weighted by Crippen LogP contribution is 2.28. The maximum atomic E-state index is 2.72. The van der Waals surface area contributed by atoms with Crippen molar-refractivity contribution < 1.29 is 0 Å². The molecule has 1 fully saturated rings. The van der Waals surface area contributed by atoms with Gasteiger partial charge in [0.05, 0.1) is 0 Å². The van der Waals surface area contributed by atoms with Crippen molar-refractivity contribution in [1.29, 1.82) is 0 Å². The highest BCUT2D eigenvalue weighted by Gasteiger charge is 2.26. The van der Waals surface area contributed by atoms with Crippen LogP contribution < -0.4 is 0 Å². The molecular formula is C15H21N. The standard InChI is InChI=1S/C15H21N/c1-12-5-4-6-13-7-8-14(11-15(12)13)16-9-2-3-10-16/h4-6,14H,2-3,7-11H2,1H3. The Labute approximate surface area is 98.5 Å². The van der Waals surface area contributed by atoms with Gasteiger partial charge in [-0.1, -0.05) is 18.2 Å². The summed E-state index contributed by atoms with van der Waals surface area (Å²) in [6, 6.07) is 7.63. The van der Waals surface area contributed by atoms with Gasteiger partial charge in [0.1, 0.15) is 0 Å². The Bertz CT molecular complexity index is 377. The Kier molecular flexibility index (Phi) is 2.72. The van der Waals surface area contributed by atoms with Gasteiger partial charge in [-0.25, -0.2) is 0 Å². The molecule has 86 valence electrons. The van der Waals surface area contributed by atoms with E-state index in [-0.39, 0.29) is 0 Å². The van der Waals surface area contributed by atoms with E-state index in [1.807, 2.05) is 0 Å². The Morgan fingerprint density at radius 3 is 2.81 bits per heavy atom. The molecular weight excluding hydrogens is 194 g/mol. The summed E-state index contributed by atoms with van der Waals surface area (Å²) < 4.78 is 0. The van der Waals surface area contributed by atoms with Gasteiger partial charge < -0.3 is 4.90 Å². The van der Waals surface area contributed by atoms with E-state index < -0.39 is 0 Å². The molecule has 0 N–H and O–H groups in total. The molecule has 1 saturated heterocycles. The normalized spacial score (nSPS) is 25.7. The van der Waals surface area contributed by atoms with E-state index in [1.165, 1.54) is 50.8 Å². The third-order valence-corrected chi connectivity index (χ3v) is 4.35. The maximum Gasteiger partial charge on any atom is 0.0139 e. The van der Waals surface area contributed by atoms with Crippen molar-refractivity contribution in [2.75, 3.05) is 13.1 Å². The lowest BCUT2D eigenvalue weighted by Gasteiger charge is -2.32. The summed E-state index contributed by atoms with van der Waals surface area (Å²) in [6.45, 7) is 4.95. The van der Waals surface area contributed by atoms with Crippen molar-refractivity contribution in [3.05, 3.63) is 34.9 Å². The fourth-order valence-corrected chi connectivity index (χ4v) is 3.37. The average Bonchev–Trinajstić information content (AvgIpc) is 2.83. The minimum atomic E-state index is 0.830. The molecule has 1 heteroatoms. The molecule has 1 atom stereocenters. The third-order valence-electron chi connectivity index (χ3n) is 4.35. The van der Waals surface area contributed by atoms with Crippen LogP contribution in [0.1, 0.15) is 36.0 Å². The number of hydrogen-bond donors (Lipinski definition) is 0. The Balaban J connectivity index is 1.82. The van der Waals surface area contributed by atoms with Crippen LogP contribution in [0.4, 0.5) is 0 Å². The molecule has 1 unspecified atom stereocenters. The lowest BCUT2D eigenvalue weighted by Crippen LogP contribution is -2.37. The summed E-state index contributed by atoms with van der Waals surface area (Å²) in [6.07, 6.45) is 6.78. The maximum absolute atomic E-state index is 2.72. The van der Waals surface area contributed by atoms with Gasteiger partial charge in [-0.3, -0.25) is 0 Å². The van der Waals surface area contributed by atoms with Gasteiger partial charge >= 0.3 is 0 Å². The van der Waals surface area contributed by atoms with Crippen molar-refractivity contribution in [2.24, 2.45) is 0 Å². The molecule has 1 heterocycles. The van der Waals surface area contributed by atoms with Crippen molar-refractivity contribution in [1.82, 2.24) is 4.90 Å². The topological polar surface area (TPSA) is 3.24 Å². The molecule has 0 spiro atoms. The minimum Gasteiger partial charge on any atom is -0.300 e.